The van der Waals surface area contributed by atoms with Crippen molar-refractivity contribution >= 4 is 23.2 Å². The van der Waals surface area contributed by atoms with Crippen LogP contribution in [0.15, 0.2) is 42.5 Å². The number of nitrogens with two attached hydrogens (primary N) is 1. The number of hydrogen-bond donors (Lipinski definition) is 3. The number of rotatable bonds is 6. The molecule has 0 bridgehead atoms. The van der Waals surface area contributed by atoms with Crippen LogP contribution >= 0.6 is 0 Å². The zero-order valence-corrected chi connectivity index (χ0v) is 13.8. The van der Waals surface area contributed by atoms with Crippen LogP contribution < -0.4 is 21.1 Å². The molecule has 0 radical (unpaired) electrons. The van der Waals surface area contributed by atoms with E-state index in [1.54, 1.807) is 43.5 Å². The lowest BCUT2D eigenvalue weighted by atomic mass is 10.1. The van der Waals surface area contributed by atoms with Crippen LogP contribution in [0.2, 0.25) is 0 Å². The summed E-state index contributed by atoms with van der Waals surface area (Å²) in [4.78, 5) is 24.0. The summed E-state index contributed by atoms with van der Waals surface area (Å²) < 4.78 is 5.12. The quantitative estimate of drug-likeness (QED) is 0.760. The number of carbonyl (C=O) groups excluding carboxylic acids is 2. The van der Waals surface area contributed by atoms with Crippen molar-refractivity contribution in [3.05, 3.63) is 53.6 Å². The van der Waals surface area contributed by atoms with Crippen LogP contribution in [-0.4, -0.2) is 25.5 Å². The minimum Gasteiger partial charge on any atom is -0.497 e. The summed E-state index contributed by atoms with van der Waals surface area (Å²) in [6.07, 6.45) is 0.250. The van der Waals surface area contributed by atoms with E-state index in [-0.39, 0.29) is 24.8 Å². The molecule has 24 heavy (non-hydrogen) atoms. The van der Waals surface area contributed by atoms with Gasteiger partial charge in [-0.3, -0.25) is 9.59 Å². The Hall–Kier alpha value is -2.86. The smallest absolute Gasteiger partial charge is 0.255 e. The van der Waals surface area contributed by atoms with Gasteiger partial charge in [0.15, 0.2) is 0 Å². The number of ether oxygens (including phenoxy) is 1. The van der Waals surface area contributed by atoms with Gasteiger partial charge in [0.2, 0.25) is 5.91 Å². The first-order valence-corrected chi connectivity index (χ1v) is 7.59. The van der Waals surface area contributed by atoms with Gasteiger partial charge >= 0.3 is 0 Å². The summed E-state index contributed by atoms with van der Waals surface area (Å²) >= 11 is 0. The standard InChI is InChI=1S/C18H21N3O3/c1-12-6-7-14(11-16(12)21-17(22)8-9-19)20-18(23)13-4-3-5-15(10-13)24-2/h3-7,10-11H,8-9,19H2,1-2H3,(H,20,23)(H,21,22). The molecule has 4 N–H and O–H groups in total. The van der Waals surface area contributed by atoms with Gasteiger partial charge < -0.3 is 21.1 Å². The molecule has 0 aliphatic carbocycles. The number of benzene rings is 2. The van der Waals surface area contributed by atoms with E-state index in [1.807, 2.05) is 13.0 Å². The lowest BCUT2D eigenvalue weighted by molar-refractivity contribution is -0.116. The predicted molar refractivity (Wildman–Crippen MR) is 94.4 cm³/mol. The first-order valence-electron chi connectivity index (χ1n) is 7.59. The zero-order valence-electron chi connectivity index (χ0n) is 13.8. The number of nitrogens with one attached hydrogen (secondary N) is 2. The molecule has 0 aliphatic rings. The van der Waals surface area contributed by atoms with Gasteiger partial charge in [0.25, 0.3) is 5.91 Å². The molecule has 0 spiro atoms. The fourth-order valence-electron chi connectivity index (χ4n) is 2.15. The Balaban J connectivity index is 2.14. The minimum atomic E-state index is -0.253. The summed E-state index contributed by atoms with van der Waals surface area (Å²) in [5.74, 6) is 0.204. The first kappa shape index (κ1) is 17.5. The minimum absolute atomic E-state index is 0.156. The molecule has 6 nitrogen and oxygen atoms in total. The Morgan fingerprint density at radius 2 is 1.92 bits per heavy atom. The van der Waals surface area contributed by atoms with Crippen molar-refractivity contribution in [3.63, 3.8) is 0 Å². The highest BCUT2D eigenvalue weighted by atomic mass is 16.5. The normalized spacial score (nSPS) is 10.1. The third-order valence-corrected chi connectivity index (χ3v) is 3.47. The molecular formula is C18H21N3O3. The van der Waals surface area contributed by atoms with Crippen molar-refractivity contribution in [1.82, 2.24) is 0 Å². The average molecular weight is 327 g/mol. The summed E-state index contributed by atoms with van der Waals surface area (Å²) in [5, 5.41) is 5.60. The van der Waals surface area contributed by atoms with E-state index in [9.17, 15) is 9.59 Å². The highest BCUT2D eigenvalue weighted by Crippen LogP contribution is 2.21. The fourth-order valence-corrected chi connectivity index (χ4v) is 2.15. The second kappa shape index (κ2) is 8.12. The van der Waals surface area contributed by atoms with Crippen LogP contribution in [0.3, 0.4) is 0 Å². The molecule has 0 fully saturated rings. The number of amides is 2. The topological polar surface area (TPSA) is 93.5 Å². The molecule has 2 aromatic carbocycles. The van der Waals surface area contributed by atoms with E-state index >= 15 is 0 Å². The Morgan fingerprint density at radius 1 is 1.12 bits per heavy atom. The van der Waals surface area contributed by atoms with Crippen molar-refractivity contribution in [2.45, 2.75) is 13.3 Å². The molecular weight excluding hydrogens is 306 g/mol. The molecule has 0 aliphatic heterocycles. The SMILES string of the molecule is COc1cccc(C(=O)Nc2ccc(C)c(NC(=O)CCN)c2)c1. The Kier molecular flexibility index (Phi) is 5.92. The van der Waals surface area contributed by atoms with Gasteiger partial charge in [0.05, 0.1) is 7.11 Å². The van der Waals surface area contributed by atoms with Gasteiger partial charge in [-0.1, -0.05) is 12.1 Å². The lowest BCUT2D eigenvalue weighted by Crippen LogP contribution is -2.17. The number of aryl methyl sites for hydroxylation is 1. The van der Waals surface area contributed by atoms with Crippen LogP contribution in [0.25, 0.3) is 0 Å². The van der Waals surface area contributed by atoms with E-state index in [0.29, 0.717) is 22.7 Å². The van der Waals surface area contributed by atoms with E-state index in [2.05, 4.69) is 10.6 Å². The second-order valence-electron chi connectivity index (χ2n) is 5.30. The van der Waals surface area contributed by atoms with Gasteiger partial charge in [0, 0.05) is 29.9 Å². The molecule has 0 atom stereocenters. The Morgan fingerprint density at radius 3 is 2.62 bits per heavy atom. The molecule has 2 amide bonds. The van der Waals surface area contributed by atoms with Crippen LogP contribution in [0.4, 0.5) is 11.4 Å². The molecule has 126 valence electrons. The van der Waals surface area contributed by atoms with Crippen LogP contribution in [0.5, 0.6) is 5.75 Å². The van der Waals surface area contributed by atoms with E-state index in [4.69, 9.17) is 10.5 Å². The summed E-state index contributed by atoms with van der Waals surface area (Å²) in [6.45, 7) is 2.17. The number of anilines is 2. The molecule has 0 heterocycles. The van der Waals surface area contributed by atoms with Crippen molar-refractivity contribution < 1.29 is 14.3 Å². The van der Waals surface area contributed by atoms with Gasteiger partial charge in [-0.05, 0) is 42.8 Å². The third kappa shape index (κ3) is 4.57. The van der Waals surface area contributed by atoms with Crippen LogP contribution in [0, 0.1) is 6.92 Å². The second-order valence-corrected chi connectivity index (χ2v) is 5.30. The Bertz CT molecular complexity index is 744. The van der Waals surface area contributed by atoms with Crippen LogP contribution in [0.1, 0.15) is 22.3 Å². The molecule has 0 unspecified atom stereocenters. The highest BCUT2D eigenvalue weighted by molar-refractivity contribution is 6.05. The zero-order chi connectivity index (χ0) is 17.5. The van der Waals surface area contributed by atoms with Crippen LogP contribution in [-0.2, 0) is 4.79 Å². The van der Waals surface area contributed by atoms with Gasteiger partial charge in [-0.2, -0.15) is 0 Å². The summed E-state index contributed by atoms with van der Waals surface area (Å²) in [5.41, 5.74) is 8.01. The largest absolute Gasteiger partial charge is 0.497 e. The van der Waals surface area contributed by atoms with Crippen molar-refractivity contribution in [2.24, 2.45) is 5.73 Å². The van der Waals surface area contributed by atoms with Gasteiger partial charge in [0.1, 0.15) is 5.75 Å². The highest BCUT2D eigenvalue weighted by Gasteiger charge is 2.09. The maximum absolute atomic E-state index is 12.3. The van der Waals surface area contributed by atoms with E-state index in [1.165, 1.54) is 0 Å². The first-order chi connectivity index (χ1) is 11.5. The third-order valence-electron chi connectivity index (χ3n) is 3.47. The number of methoxy groups -OCH3 is 1. The van der Waals surface area contributed by atoms with E-state index in [0.717, 1.165) is 5.56 Å². The Labute approximate surface area is 141 Å². The van der Waals surface area contributed by atoms with E-state index < -0.39 is 0 Å². The fraction of sp³-hybridized carbons (Fsp3) is 0.222. The molecule has 2 aromatic rings. The molecule has 2 rings (SSSR count). The van der Waals surface area contributed by atoms with Crippen molar-refractivity contribution in [2.75, 3.05) is 24.3 Å². The maximum atomic E-state index is 12.3. The van der Waals surface area contributed by atoms with Gasteiger partial charge in [-0.25, -0.2) is 0 Å². The maximum Gasteiger partial charge on any atom is 0.255 e. The van der Waals surface area contributed by atoms with Crippen molar-refractivity contribution in [1.29, 1.82) is 0 Å². The average Bonchev–Trinajstić information content (AvgIpc) is 2.58. The molecule has 0 aromatic heterocycles. The monoisotopic (exact) mass is 327 g/mol. The summed E-state index contributed by atoms with van der Waals surface area (Å²) in [6, 6.07) is 12.2. The van der Waals surface area contributed by atoms with Gasteiger partial charge in [-0.15, -0.1) is 0 Å². The lowest BCUT2D eigenvalue weighted by Gasteiger charge is -2.12. The molecule has 0 saturated heterocycles. The van der Waals surface area contributed by atoms with Crippen molar-refractivity contribution in [3.8, 4) is 5.75 Å². The number of carbonyl (C=O) groups is 2. The molecule has 0 saturated carbocycles. The number of hydrogen-bond acceptors (Lipinski definition) is 4. The predicted octanol–water partition coefficient (Wildman–Crippen LogP) is 2.54. The summed E-state index contributed by atoms with van der Waals surface area (Å²) in [7, 11) is 1.55. The molecule has 6 heteroatoms.